The van der Waals surface area contributed by atoms with Crippen molar-refractivity contribution < 1.29 is 14.3 Å². The molecule has 0 saturated carbocycles. The second kappa shape index (κ2) is 8.05. The van der Waals surface area contributed by atoms with Gasteiger partial charge in [-0.3, -0.25) is 14.7 Å². The van der Waals surface area contributed by atoms with Crippen LogP contribution in [0.15, 0.2) is 12.1 Å². The SMILES string of the molecule is Cc1cc(C(=O)N2CCC(OCCN3CCOCC3)C2)cc(C)n1. The van der Waals surface area contributed by atoms with Crippen LogP contribution in [0.25, 0.3) is 0 Å². The summed E-state index contributed by atoms with van der Waals surface area (Å²) in [5, 5.41) is 0. The molecule has 2 aliphatic heterocycles. The summed E-state index contributed by atoms with van der Waals surface area (Å²) in [4.78, 5) is 21.2. The van der Waals surface area contributed by atoms with Gasteiger partial charge in [-0.1, -0.05) is 0 Å². The molecule has 2 aliphatic rings. The highest BCUT2D eigenvalue weighted by Crippen LogP contribution is 2.17. The van der Waals surface area contributed by atoms with Crippen LogP contribution in [0.2, 0.25) is 0 Å². The summed E-state index contributed by atoms with van der Waals surface area (Å²) in [7, 11) is 0. The van der Waals surface area contributed by atoms with Crippen LogP contribution in [0.5, 0.6) is 0 Å². The first-order valence-corrected chi connectivity index (χ1v) is 8.78. The molecule has 1 aromatic heterocycles. The number of rotatable bonds is 5. The molecule has 0 spiro atoms. The quantitative estimate of drug-likeness (QED) is 0.812. The van der Waals surface area contributed by atoms with E-state index >= 15 is 0 Å². The molecule has 6 nitrogen and oxygen atoms in total. The van der Waals surface area contributed by atoms with Crippen LogP contribution in [0.3, 0.4) is 0 Å². The topological polar surface area (TPSA) is 54.9 Å². The molecule has 0 radical (unpaired) electrons. The Kier molecular flexibility index (Phi) is 5.81. The van der Waals surface area contributed by atoms with Gasteiger partial charge in [-0.25, -0.2) is 0 Å². The van der Waals surface area contributed by atoms with E-state index in [4.69, 9.17) is 9.47 Å². The number of aromatic nitrogens is 1. The first-order chi connectivity index (χ1) is 11.6. The normalized spacial score (nSPS) is 22.1. The maximum atomic E-state index is 12.6. The lowest BCUT2D eigenvalue weighted by Gasteiger charge is -2.26. The number of pyridine rings is 1. The van der Waals surface area contributed by atoms with E-state index in [9.17, 15) is 4.79 Å². The Bertz CT molecular complexity index is 552. The molecule has 2 fully saturated rings. The minimum absolute atomic E-state index is 0.0860. The molecular formula is C18H27N3O3. The number of aryl methyl sites for hydroxylation is 2. The monoisotopic (exact) mass is 333 g/mol. The minimum Gasteiger partial charge on any atom is -0.379 e. The molecule has 6 heteroatoms. The zero-order valence-corrected chi connectivity index (χ0v) is 14.7. The maximum absolute atomic E-state index is 12.6. The molecule has 0 bridgehead atoms. The van der Waals surface area contributed by atoms with Gasteiger partial charge in [-0.2, -0.15) is 0 Å². The van der Waals surface area contributed by atoms with Crippen molar-refractivity contribution in [2.45, 2.75) is 26.4 Å². The van der Waals surface area contributed by atoms with Crippen molar-refractivity contribution in [3.8, 4) is 0 Å². The van der Waals surface area contributed by atoms with Crippen LogP contribution >= 0.6 is 0 Å². The highest BCUT2D eigenvalue weighted by atomic mass is 16.5. The van der Waals surface area contributed by atoms with Crippen molar-refractivity contribution >= 4 is 5.91 Å². The molecule has 2 saturated heterocycles. The van der Waals surface area contributed by atoms with Gasteiger partial charge in [0.25, 0.3) is 5.91 Å². The molecule has 3 heterocycles. The number of carbonyl (C=O) groups is 1. The summed E-state index contributed by atoms with van der Waals surface area (Å²) in [5.41, 5.74) is 2.50. The summed E-state index contributed by atoms with van der Waals surface area (Å²) in [6.07, 6.45) is 1.07. The summed E-state index contributed by atoms with van der Waals surface area (Å²) < 4.78 is 11.3. The predicted molar refractivity (Wildman–Crippen MR) is 91.2 cm³/mol. The molecule has 0 aliphatic carbocycles. The first-order valence-electron chi connectivity index (χ1n) is 8.78. The molecule has 24 heavy (non-hydrogen) atoms. The van der Waals surface area contributed by atoms with E-state index in [2.05, 4.69) is 9.88 Å². The number of hydrogen-bond acceptors (Lipinski definition) is 5. The second-order valence-corrected chi connectivity index (χ2v) is 6.63. The van der Waals surface area contributed by atoms with Crippen molar-refractivity contribution in [3.05, 3.63) is 29.1 Å². The van der Waals surface area contributed by atoms with Gasteiger partial charge < -0.3 is 14.4 Å². The van der Waals surface area contributed by atoms with E-state index in [0.717, 1.165) is 69.4 Å². The zero-order valence-electron chi connectivity index (χ0n) is 14.7. The number of likely N-dealkylation sites (tertiary alicyclic amines) is 1. The molecule has 132 valence electrons. The largest absolute Gasteiger partial charge is 0.379 e. The lowest BCUT2D eigenvalue weighted by molar-refractivity contribution is 0.00424. The Morgan fingerprint density at radius 2 is 1.96 bits per heavy atom. The standard InChI is InChI=1S/C18H27N3O3/c1-14-11-16(12-15(2)19-14)18(22)21-4-3-17(13-21)24-10-7-20-5-8-23-9-6-20/h11-12,17H,3-10,13H2,1-2H3. The molecular weight excluding hydrogens is 306 g/mol. The first kappa shape index (κ1) is 17.3. The van der Waals surface area contributed by atoms with Gasteiger partial charge in [0.2, 0.25) is 0 Å². The average molecular weight is 333 g/mol. The Labute approximate surface area is 143 Å². The number of carbonyl (C=O) groups excluding carboxylic acids is 1. The molecule has 3 rings (SSSR count). The van der Waals surface area contributed by atoms with Crippen LogP contribution in [-0.4, -0.2) is 79.3 Å². The van der Waals surface area contributed by atoms with Crippen molar-refractivity contribution in [1.29, 1.82) is 0 Å². The van der Waals surface area contributed by atoms with E-state index in [1.54, 1.807) is 0 Å². The Morgan fingerprint density at radius 1 is 1.25 bits per heavy atom. The molecule has 1 unspecified atom stereocenters. The number of amides is 1. The van der Waals surface area contributed by atoms with Crippen molar-refractivity contribution in [2.24, 2.45) is 0 Å². The van der Waals surface area contributed by atoms with Crippen LogP contribution in [0, 0.1) is 13.8 Å². The number of hydrogen-bond donors (Lipinski definition) is 0. The summed E-state index contributed by atoms with van der Waals surface area (Å²) in [5.74, 6) is 0.0860. The van der Waals surface area contributed by atoms with Crippen molar-refractivity contribution in [3.63, 3.8) is 0 Å². The van der Waals surface area contributed by atoms with Crippen LogP contribution in [0.4, 0.5) is 0 Å². The van der Waals surface area contributed by atoms with Gasteiger partial charge >= 0.3 is 0 Å². The Hall–Kier alpha value is -1.50. The van der Waals surface area contributed by atoms with Gasteiger partial charge in [0.1, 0.15) is 0 Å². The fourth-order valence-electron chi connectivity index (χ4n) is 3.36. The van der Waals surface area contributed by atoms with E-state index in [1.807, 2.05) is 30.9 Å². The summed E-state index contributed by atoms with van der Waals surface area (Å²) in [6, 6.07) is 3.73. The smallest absolute Gasteiger partial charge is 0.254 e. The maximum Gasteiger partial charge on any atom is 0.254 e. The lowest BCUT2D eigenvalue weighted by atomic mass is 10.2. The van der Waals surface area contributed by atoms with Crippen LogP contribution in [0.1, 0.15) is 28.2 Å². The summed E-state index contributed by atoms with van der Waals surface area (Å²) >= 11 is 0. The summed E-state index contributed by atoms with van der Waals surface area (Å²) in [6.45, 7) is 10.6. The molecule has 0 N–H and O–H groups in total. The van der Waals surface area contributed by atoms with E-state index in [1.165, 1.54) is 0 Å². The molecule has 1 aromatic rings. The van der Waals surface area contributed by atoms with Gasteiger partial charge in [0.05, 0.1) is 25.9 Å². The van der Waals surface area contributed by atoms with Gasteiger partial charge in [-0.05, 0) is 32.4 Å². The van der Waals surface area contributed by atoms with E-state index in [0.29, 0.717) is 6.54 Å². The van der Waals surface area contributed by atoms with E-state index in [-0.39, 0.29) is 12.0 Å². The third-order valence-corrected chi connectivity index (χ3v) is 4.63. The predicted octanol–water partition coefficient (Wildman–Crippen LogP) is 1.26. The second-order valence-electron chi connectivity index (χ2n) is 6.63. The fourth-order valence-corrected chi connectivity index (χ4v) is 3.36. The van der Waals surface area contributed by atoms with Crippen molar-refractivity contribution in [2.75, 3.05) is 52.5 Å². The van der Waals surface area contributed by atoms with Crippen LogP contribution in [-0.2, 0) is 9.47 Å². The highest BCUT2D eigenvalue weighted by molar-refractivity contribution is 5.94. The third-order valence-electron chi connectivity index (χ3n) is 4.63. The fraction of sp³-hybridized carbons (Fsp3) is 0.667. The van der Waals surface area contributed by atoms with Crippen LogP contribution < -0.4 is 0 Å². The number of ether oxygens (including phenoxy) is 2. The molecule has 1 amide bonds. The number of morpholine rings is 1. The Morgan fingerprint density at radius 3 is 2.67 bits per heavy atom. The molecule has 1 atom stereocenters. The third kappa shape index (κ3) is 4.53. The lowest BCUT2D eigenvalue weighted by Crippen LogP contribution is -2.39. The Balaban J connectivity index is 1.45. The van der Waals surface area contributed by atoms with Crippen molar-refractivity contribution in [1.82, 2.24) is 14.8 Å². The van der Waals surface area contributed by atoms with Gasteiger partial charge in [0.15, 0.2) is 0 Å². The van der Waals surface area contributed by atoms with Gasteiger partial charge in [0, 0.05) is 49.7 Å². The average Bonchev–Trinajstić information content (AvgIpc) is 3.03. The molecule has 0 aromatic carbocycles. The number of nitrogens with zero attached hydrogens (tertiary/aromatic N) is 3. The minimum atomic E-state index is 0.0860. The van der Waals surface area contributed by atoms with E-state index < -0.39 is 0 Å². The van der Waals surface area contributed by atoms with Gasteiger partial charge in [-0.15, -0.1) is 0 Å². The zero-order chi connectivity index (χ0) is 16.9. The highest BCUT2D eigenvalue weighted by Gasteiger charge is 2.27.